The average molecular weight is 173 g/mol. The molecule has 0 atom stereocenters. The second kappa shape index (κ2) is 8.07. The summed E-state index contributed by atoms with van der Waals surface area (Å²) in [6.07, 6.45) is 5.19. The van der Waals surface area contributed by atoms with Crippen LogP contribution in [0.15, 0.2) is 12.2 Å². The van der Waals surface area contributed by atoms with Crippen LogP contribution in [-0.2, 0) is 9.57 Å². The number of hydrogen-bond donors (Lipinski definition) is 1. The summed E-state index contributed by atoms with van der Waals surface area (Å²) in [6.45, 7) is 2.43. The molecular formula is C8H15NO3. The molecule has 0 heterocycles. The molecule has 0 aromatic rings. The summed E-state index contributed by atoms with van der Waals surface area (Å²) in [6, 6.07) is 0. The maximum Gasteiger partial charge on any atom is 0.431 e. The highest BCUT2D eigenvalue weighted by atomic mass is 16.7. The highest BCUT2D eigenvalue weighted by molar-refractivity contribution is 5.65. The minimum Gasteiger partial charge on any atom is -0.448 e. The van der Waals surface area contributed by atoms with Crippen LogP contribution in [0.25, 0.3) is 0 Å². The maximum atomic E-state index is 10.6. The zero-order chi connectivity index (χ0) is 9.23. The molecule has 0 aromatic carbocycles. The van der Waals surface area contributed by atoms with Crippen LogP contribution in [0.2, 0.25) is 0 Å². The van der Waals surface area contributed by atoms with Gasteiger partial charge in [0.2, 0.25) is 0 Å². The smallest absolute Gasteiger partial charge is 0.431 e. The van der Waals surface area contributed by atoms with Crippen LogP contribution < -0.4 is 5.48 Å². The molecule has 0 spiro atoms. The molecule has 0 unspecified atom stereocenters. The Bertz CT molecular complexity index is 145. The largest absolute Gasteiger partial charge is 0.448 e. The Labute approximate surface area is 72.5 Å². The van der Waals surface area contributed by atoms with Crippen molar-refractivity contribution in [2.45, 2.75) is 19.8 Å². The molecule has 0 aliphatic heterocycles. The number of carbonyl (C=O) groups excluding carboxylic acids is 1. The van der Waals surface area contributed by atoms with Gasteiger partial charge in [0.1, 0.15) is 0 Å². The molecule has 0 saturated heterocycles. The lowest BCUT2D eigenvalue weighted by Gasteiger charge is -2.01. The van der Waals surface area contributed by atoms with Gasteiger partial charge in [-0.05, 0) is 12.8 Å². The summed E-state index contributed by atoms with van der Waals surface area (Å²) in [5, 5.41) is 0. The minimum atomic E-state index is -0.553. The van der Waals surface area contributed by atoms with E-state index in [4.69, 9.17) is 4.74 Å². The monoisotopic (exact) mass is 173 g/mol. The first-order valence-corrected chi connectivity index (χ1v) is 3.92. The third-order valence-corrected chi connectivity index (χ3v) is 1.11. The van der Waals surface area contributed by atoms with Gasteiger partial charge in [0.15, 0.2) is 0 Å². The van der Waals surface area contributed by atoms with E-state index in [-0.39, 0.29) is 0 Å². The molecule has 4 heteroatoms. The standard InChI is InChI=1S/C8H15NO3/c1-3-4-5-6-7-12-8(10)9-11-2/h4-5H,3,6-7H2,1-2H3,(H,9,10)/b5-4+. The number of rotatable bonds is 5. The molecule has 1 N–H and O–H groups in total. The molecule has 0 aliphatic carbocycles. The fraction of sp³-hybridized carbons (Fsp3) is 0.625. The molecule has 0 bridgehead atoms. The van der Waals surface area contributed by atoms with Crippen molar-refractivity contribution in [3.8, 4) is 0 Å². The van der Waals surface area contributed by atoms with Crippen molar-refractivity contribution in [3.05, 3.63) is 12.2 Å². The molecule has 70 valence electrons. The molecule has 0 fully saturated rings. The number of allylic oxidation sites excluding steroid dienone is 1. The van der Waals surface area contributed by atoms with Crippen LogP contribution in [0.3, 0.4) is 0 Å². The Balaban J connectivity index is 3.19. The van der Waals surface area contributed by atoms with Crippen molar-refractivity contribution in [2.75, 3.05) is 13.7 Å². The highest BCUT2D eigenvalue weighted by Crippen LogP contribution is 1.88. The van der Waals surface area contributed by atoms with Gasteiger partial charge in [-0.1, -0.05) is 19.1 Å². The summed E-state index contributed by atoms with van der Waals surface area (Å²) < 4.78 is 4.70. The van der Waals surface area contributed by atoms with Gasteiger partial charge in [-0.15, -0.1) is 0 Å². The second-order valence-corrected chi connectivity index (χ2v) is 2.11. The van der Waals surface area contributed by atoms with Gasteiger partial charge in [0, 0.05) is 0 Å². The SMILES string of the molecule is CC/C=C/CCOC(=O)NOC. The maximum absolute atomic E-state index is 10.6. The zero-order valence-corrected chi connectivity index (χ0v) is 7.50. The molecule has 12 heavy (non-hydrogen) atoms. The Hall–Kier alpha value is -1.03. The van der Waals surface area contributed by atoms with Crippen molar-refractivity contribution in [1.82, 2.24) is 5.48 Å². The van der Waals surface area contributed by atoms with Crippen molar-refractivity contribution in [3.63, 3.8) is 0 Å². The van der Waals surface area contributed by atoms with E-state index in [9.17, 15) is 4.79 Å². The van der Waals surface area contributed by atoms with Crippen LogP contribution in [0.5, 0.6) is 0 Å². The second-order valence-electron chi connectivity index (χ2n) is 2.11. The van der Waals surface area contributed by atoms with E-state index in [2.05, 4.69) is 17.2 Å². The summed E-state index contributed by atoms with van der Waals surface area (Å²) in [5.41, 5.74) is 2.05. The predicted octanol–water partition coefficient (Wildman–Crippen LogP) is 1.63. The molecule has 4 nitrogen and oxygen atoms in total. The molecule has 0 aliphatic rings. The summed E-state index contributed by atoms with van der Waals surface area (Å²) in [4.78, 5) is 14.9. The number of amides is 1. The van der Waals surface area contributed by atoms with E-state index in [0.29, 0.717) is 6.61 Å². The van der Waals surface area contributed by atoms with Gasteiger partial charge < -0.3 is 4.74 Å². The van der Waals surface area contributed by atoms with Gasteiger partial charge in [-0.2, -0.15) is 5.48 Å². The van der Waals surface area contributed by atoms with E-state index in [0.717, 1.165) is 12.8 Å². The van der Waals surface area contributed by atoms with Crippen LogP contribution in [0, 0.1) is 0 Å². The minimum absolute atomic E-state index is 0.381. The third-order valence-electron chi connectivity index (χ3n) is 1.11. The first-order chi connectivity index (χ1) is 5.81. The van der Waals surface area contributed by atoms with Gasteiger partial charge in [0.05, 0.1) is 13.7 Å². The van der Waals surface area contributed by atoms with Crippen LogP contribution in [0.4, 0.5) is 4.79 Å². The Kier molecular flexibility index (Phi) is 7.38. The number of hydrogen-bond acceptors (Lipinski definition) is 3. The molecular weight excluding hydrogens is 158 g/mol. The van der Waals surface area contributed by atoms with Crippen molar-refractivity contribution < 1.29 is 14.4 Å². The lowest BCUT2D eigenvalue weighted by Crippen LogP contribution is -2.23. The van der Waals surface area contributed by atoms with E-state index < -0.39 is 6.09 Å². The molecule has 0 radical (unpaired) electrons. The predicted molar refractivity (Wildman–Crippen MR) is 45.5 cm³/mol. The van der Waals surface area contributed by atoms with Crippen LogP contribution in [-0.4, -0.2) is 19.8 Å². The number of ether oxygens (including phenoxy) is 1. The average Bonchev–Trinajstić information content (AvgIpc) is 2.05. The fourth-order valence-electron chi connectivity index (χ4n) is 0.617. The third kappa shape index (κ3) is 7.08. The summed E-state index contributed by atoms with van der Waals surface area (Å²) >= 11 is 0. The molecule has 0 aromatic heterocycles. The normalized spacial score (nSPS) is 10.2. The summed E-state index contributed by atoms with van der Waals surface area (Å²) in [7, 11) is 1.36. The lowest BCUT2D eigenvalue weighted by molar-refractivity contribution is 0.0595. The summed E-state index contributed by atoms with van der Waals surface area (Å²) in [5.74, 6) is 0. The first kappa shape index (κ1) is 11.0. The first-order valence-electron chi connectivity index (χ1n) is 3.92. The lowest BCUT2D eigenvalue weighted by atomic mass is 10.3. The van der Waals surface area contributed by atoms with E-state index in [1.165, 1.54) is 7.11 Å². The van der Waals surface area contributed by atoms with Gasteiger partial charge >= 0.3 is 6.09 Å². The van der Waals surface area contributed by atoms with Gasteiger partial charge in [0.25, 0.3) is 0 Å². The van der Waals surface area contributed by atoms with E-state index >= 15 is 0 Å². The number of carbonyl (C=O) groups is 1. The van der Waals surface area contributed by atoms with Crippen molar-refractivity contribution in [2.24, 2.45) is 0 Å². The molecule has 0 saturated carbocycles. The quantitative estimate of drug-likeness (QED) is 0.390. The number of hydroxylamine groups is 1. The molecule has 0 rings (SSSR count). The number of nitrogens with one attached hydrogen (secondary N) is 1. The van der Waals surface area contributed by atoms with Crippen molar-refractivity contribution >= 4 is 6.09 Å². The highest BCUT2D eigenvalue weighted by Gasteiger charge is 1.96. The van der Waals surface area contributed by atoms with Crippen LogP contribution >= 0.6 is 0 Å². The zero-order valence-electron chi connectivity index (χ0n) is 7.50. The Morgan fingerprint density at radius 3 is 2.83 bits per heavy atom. The molecule has 1 amide bonds. The van der Waals surface area contributed by atoms with Crippen molar-refractivity contribution in [1.29, 1.82) is 0 Å². The topological polar surface area (TPSA) is 47.6 Å². The van der Waals surface area contributed by atoms with Gasteiger partial charge in [-0.3, -0.25) is 4.84 Å². The van der Waals surface area contributed by atoms with E-state index in [1.54, 1.807) is 0 Å². The van der Waals surface area contributed by atoms with Gasteiger partial charge in [-0.25, -0.2) is 4.79 Å². The van der Waals surface area contributed by atoms with E-state index in [1.807, 2.05) is 12.2 Å². The Morgan fingerprint density at radius 1 is 1.50 bits per heavy atom. The Morgan fingerprint density at radius 2 is 2.25 bits per heavy atom. The fourth-order valence-corrected chi connectivity index (χ4v) is 0.617. The van der Waals surface area contributed by atoms with Crippen LogP contribution in [0.1, 0.15) is 19.8 Å².